The van der Waals surface area contributed by atoms with Gasteiger partial charge in [0.25, 0.3) is 11.8 Å². The lowest BCUT2D eigenvalue weighted by molar-refractivity contribution is -0.130. The van der Waals surface area contributed by atoms with Crippen LogP contribution in [0.2, 0.25) is 0 Å². The fraction of sp³-hybridized carbons (Fsp3) is 0.483. The topological polar surface area (TPSA) is 154 Å². The maximum absolute atomic E-state index is 14.9. The Morgan fingerprint density at radius 2 is 1.78 bits per heavy atom. The highest BCUT2D eigenvalue weighted by atomic mass is 19.1. The van der Waals surface area contributed by atoms with Gasteiger partial charge in [-0.05, 0) is 64.9 Å². The van der Waals surface area contributed by atoms with Crippen LogP contribution < -0.4 is 16.4 Å². The van der Waals surface area contributed by atoms with Crippen LogP contribution in [0.1, 0.15) is 88.5 Å². The number of primary amides is 1. The highest BCUT2D eigenvalue weighted by Gasteiger charge is 2.68. The number of anilines is 2. The largest absolute Gasteiger partial charge is 0.444 e. The molecule has 3 amide bonds. The molecule has 0 aliphatic heterocycles. The summed E-state index contributed by atoms with van der Waals surface area (Å²) >= 11 is 0. The number of carbonyl (C=O) groups excluding carboxylic acids is 3. The van der Waals surface area contributed by atoms with E-state index in [1.807, 2.05) is 13.8 Å². The average molecular weight is 567 g/mol. The van der Waals surface area contributed by atoms with Crippen molar-refractivity contribution in [3.8, 4) is 11.3 Å². The van der Waals surface area contributed by atoms with Crippen molar-refractivity contribution in [3.63, 3.8) is 0 Å². The number of hydrogen-bond acceptors (Lipinski definition) is 7. The molecule has 2 bridgehead atoms. The van der Waals surface area contributed by atoms with Crippen molar-refractivity contribution in [1.82, 2.24) is 14.9 Å². The first-order valence-electron chi connectivity index (χ1n) is 13.6. The second-order valence-electron chi connectivity index (χ2n) is 12.8. The summed E-state index contributed by atoms with van der Waals surface area (Å²) in [5, 5.41) is 13.6. The van der Waals surface area contributed by atoms with Crippen molar-refractivity contribution in [3.05, 3.63) is 46.9 Å². The smallest absolute Gasteiger partial charge is 0.413 e. The summed E-state index contributed by atoms with van der Waals surface area (Å²) in [4.78, 5) is 37.7. The van der Waals surface area contributed by atoms with Gasteiger partial charge in [-0.25, -0.2) is 9.48 Å². The number of halogens is 1. The lowest BCUT2D eigenvalue weighted by Gasteiger charge is -2.68. The standard InChI is InChI=1S/C29H35FN6O5/c1-15(2)36-24(33-26(39)40-27(3,4)5)19(23(31)38)21(34-36)17-9-7-16(8-10-17)11-18(37)32-25-20(30)22(35-41-25)29-12-28(6,13-29)14-29/h7-10,15H,11-14H2,1-6H3,(H2,31,38)(H,32,37)(H,33,39). The van der Waals surface area contributed by atoms with E-state index in [4.69, 9.17) is 15.0 Å². The minimum atomic E-state index is -0.775. The molecule has 3 fully saturated rings. The Hall–Kier alpha value is -4.22. The van der Waals surface area contributed by atoms with Gasteiger partial charge in [-0.1, -0.05) is 36.3 Å². The van der Waals surface area contributed by atoms with Gasteiger partial charge in [-0.2, -0.15) is 9.49 Å². The van der Waals surface area contributed by atoms with E-state index in [-0.39, 0.29) is 46.3 Å². The SMILES string of the molecule is CC(C)n1nc(-c2ccc(CC(=O)Nc3onc(C45CC(C)(C4)C5)c3F)cc2)c(C(N)=O)c1NC(=O)OC(C)(C)C. The molecule has 0 unspecified atom stereocenters. The summed E-state index contributed by atoms with van der Waals surface area (Å²) in [6, 6.07) is 6.55. The normalized spacial score (nSPS) is 21.2. The van der Waals surface area contributed by atoms with Crippen LogP contribution >= 0.6 is 0 Å². The van der Waals surface area contributed by atoms with E-state index in [1.165, 1.54) is 4.68 Å². The number of aromatic nitrogens is 3. The molecule has 3 aromatic rings. The molecule has 41 heavy (non-hydrogen) atoms. The molecule has 12 heteroatoms. The van der Waals surface area contributed by atoms with E-state index in [0.717, 1.165) is 19.3 Å². The summed E-state index contributed by atoms with van der Waals surface area (Å²) in [6.45, 7) is 11.0. The molecule has 0 atom stereocenters. The minimum Gasteiger partial charge on any atom is -0.444 e. The van der Waals surface area contributed by atoms with E-state index < -0.39 is 29.3 Å². The third-order valence-corrected chi connectivity index (χ3v) is 7.54. The molecular formula is C29H35FN6O5. The number of hydrogen-bond donors (Lipinski definition) is 3. The molecule has 6 rings (SSSR count). The van der Waals surface area contributed by atoms with Gasteiger partial charge in [0.2, 0.25) is 11.7 Å². The second-order valence-corrected chi connectivity index (χ2v) is 12.8. The third-order valence-electron chi connectivity index (χ3n) is 7.54. The Bertz CT molecular complexity index is 1510. The van der Waals surface area contributed by atoms with Gasteiger partial charge in [0.05, 0.1) is 6.42 Å². The van der Waals surface area contributed by atoms with E-state index in [1.54, 1.807) is 45.0 Å². The zero-order chi connectivity index (χ0) is 29.9. The van der Waals surface area contributed by atoms with Gasteiger partial charge < -0.3 is 15.0 Å². The van der Waals surface area contributed by atoms with Crippen LogP contribution in [0.25, 0.3) is 11.3 Å². The lowest BCUT2D eigenvalue weighted by atomic mass is 9.35. The van der Waals surface area contributed by atoms with Crippen molar-refractivity contribution >= 4 is 29.6 Å². The summed E-state index contributed by atoms with van der Waals surface area (Å²) in [7, 11) is 0. The van der Waals surface area contributed by atoms with Crippen molar-refractivity contribution < 1.29 is 28.0 Å². The van der Waals surface area contributed by atoms with Crippen molar-refractivity contribution in [2.75, 3.05) is 10.6 Å². The molecule has 218 valence electrons. The van der Waals surface area contributed by atoms with Gasteiger partial charge in [-0.3, -0.25) is 20.2 Å². The first-order chi connectivity index (χ1) is 19.1. The number of nitrogens with one attached hydrogen (secondary N) is 2. The molecule has 3 aliphatic carbocycles. The fourth-order valence-electron chi connectivity index (χ4n) is 6.13. The fourth-order valence-corrected chi connectivity index (χ4v) is 6.13. The lowest BCUT2D eigenvalue weighted by Crippen LogP contribution is -2.63. The monoisotopic (exact) mass is 566 g/mol. The number of nitrogens with zero attached hydrogens (tertiary/aromatic N) is 3. The Morgan fingerprint density at radius 1 is 1.15 bits per heavy atom. The van der Waals surface area contributed by atoms with E-state index in [2.05, 4.69) is 27.8 Å². The molecule has 1 aromatic carbocycles. The highest BCUT2D eigenvalue weighted by molar-refractivity contribution is 6.06. The number of carbonyl (C=O) groups is 3. The van der Waals surface area contributed by atoms with Crippen LogP contribution in [-0.2, 0) is 21.4 Å². The zero-order valence-electron chi connectivity index (χ0n) is 24.1. The number of benzene rings is 1. The van der Waals surface area contributed by atoms with E-state index >= 15 is 0 Å². The van der Waals surface area contributed by atoms with Gasteiger partial charge in [0.15, 0.2) is 0 Å². The molecule has 2 aromatic heterocycles. The van der Waals surface area contributed by atoms with Crippen LogP contribution in [0.5, 0.6) is 0 Å². The van der Waals surface area contributed by atoms with E-state index in [9.17, 15) is 18.8 Å². The predicted octanol–water partition coefficient (Wildman–Crippen LogP) is 5.33. The molecule has 2 heterocycles. The maximum Gasteiger partial charge on any atom is 0.413 e. The summed E-state index contributed by atoms with van der Waals surface area (Å²) in [6.07, 6.45) is 1.86. The number of nitrogens with two attached hydrogens (primary N) is 1. The van der Waals surface area contributed by atoms with E-state index in [0.29, 0.717) is 16.8 Å². The summed E-state index contributed by atoms with van der Waals surface area (Å²) < 4.78 is 26.9. The number of ether oxygens (including phenoxy) is 1. The van der Waals surface area contributed by atoms with Gasteiger partial charge >= 0.3 is 6.09 Å². The second kappa shape index (κ2) is 9.71. The Balaban J connectivity index is 1.31. The van der Waals surface area contributed by atoms with Crippen molar-refractivity contribution in [2.24, 2.45) is 11.1 Å². The Kier molecular flexibility index (Phi) is 6.70. The number of rotatable bonds is 8. The van der Waals surface area contributed by atoms with Crippen LogP contribution in [0.4, 0.5) is 20.9 Å². The molecular weight excluding hydrogens is 531 g/mol. The summed E-state index contributed by atoms with van der Waals surface area (Å²) in [5.41, 5.74) is 6.78. The van der Waals surface area contributed by atoms with Gasteiger partial charge in [-0.15, -0.1) is 0 Å². The maximum atomic E-state index is 14.9. The minimum absolute atomic E-state index is 0.0318. The average Bonchev–Trinajstić information content (AvgIpc) is 3.36. The molecule has 0 spiro atoms. The third kappa shape index (κ3) is 5.30. The number of amides is 3. The summed E-state index contributed by atoms with van der Waals surface area (Å²) in [5.74, 6) is -1.99. The van der Waals surface area contributed by atoms with Crippen LogP contribution in [0.3, 0.4) is 0 Å². The molecule has 11 nitrogen and oxygen atoms in total. The van der Waals surface area contributed by atoms with Crippen molar-refractivity contribution in [1.29, 1.82) is 0 Å². The molecule has 3 saturated carbocycles. The first kappa shape index (κ1) is 28.3. The van der Waals surface area contributed by atoms with Crippen LogP contribution in [0.15, 0.2) is 28.8 Å². The molecule has 3 aliphatic rings. The molecule has 0 saturated heterocycles. The van der Waals surface area contributed by atoms with Gasteiger partial charge in [0.1, 0.15) is 28.4 Å². The quantitative estimate of drug-likeness (QED) is 0.333. The highest BCUT2D eigenvalue weighted by Crippen LogP contribution is 2.73. The van der Waals surface area contributed by atoms with Crippen LogP contribution in [0, 0.1) is 11.2 Å². The predicted molar refractivity (Wildman–Crippen MR) is 149 cm³/mol. The molecule has 0 radical (unpaired) electrons. The first-order valence-corrected chi connectivity index (χ1v) is 13.6. The molecule has 4 N–H and O–H groups in total. The van der Waals surface area contributed by atoms with Crippen molar-refractivity contribution in [2.45, 2.75) is 84.3 Å². The Morgan fingerprint density at radius 3 is 2.32 bits per heavy atom. The zero-order valence-corrected chi connectivity index (χ0v) is 24.1. The Labute approximate surface area is 237 Å². The van der Waals surface area contributed by atoms with Crippen LogP contribution in [-0.4, -0.2) is 38.4 Å². The van der Waals surface area contributed by atoms with Gasteiger partial charge in [0, 0.05) is 17.0 Å².